The Kier molecular flexibility index (Phi) is 3.59. The Morgan fingerprint density at radius 1 is 1.57 bits per heavy atom. The van der Waals surface area contributed by atoms with E-state index in [-0.39, 0.29) is 17.9 Å². The van der Waals surface area contributed by atoms with Crippen molar-refractivity contribution in [2.45, 2.75) is 12.2 Å². The van der Waals surface area contributed by atoms with Gasteiger partial charge >= 0.3 is 5.97 Å². The van der Waals surface area contributed by atoms with Crippen molar-refractivity contribution in [3.63, 3.8) is 0 Å². The van der Waals surface area contributed by atoms with Crippen molar-refractivity contribution < 1.29 is 18.3 Å². The molecule has 0 spiro atoms. The summed E-state index contributed by atoms with van der Waals surface area (Å²) in [6.45, 7) is 0. The van der Waals surface area contributed by atoms with Gasteiger partial charge in [0.15, 0.2) is 9.84 Å². The largest absolute Gasteiger partial charge is 0.481 e. The fourth-order valence-electron chi connectivity index (χ4n) is 0.827. The zero-order valence-corrected chi connectivity index (χ0v) is 8.84. The zero-order chi connectivity index (χ0) is 10.6. The first-order valence-electron chi connectivity index (χ1n) is 3.80. The summed E-state index contributed by atoms with van der Waals surface area (Å²) in [6.07, 6.45) is 1.17. The summed E-state index contributed by atoms with van der Waals surface area (Å²) in [4.78, 5) is 14.0. The van der Waals surface area contributed by atoms with Crippen molar-refractivity contribution in [3.8, 4) is 0 Å². The molecular formula is C7H9NO4S2. The highest BCUT2D eigenvalue weighted by atomic mass is 32.2. The van der Waals surface area contributed by atoms with Gasteiger partial charge in [-0.1, -0.05) is 0 Å². The third-order valence-corrected chi connectivity index (χ3v) is 3.96. The van der Waals surface area contributed by atoms with Crippen molar-refractivity contribution in [2.75, 3.05) is 5.75 Å². The molecule has 0 bridgehead atoms. The number of hydrogen-bond donors (Lipinski definition) is 1. The predicted octanol–water partition coefficient (Wildman–Crippen LogP) is 0.533. The monoisotopic (exact) mass is 235 g/mol. The first kappa shape index (κ1) is 11.1. The van der Waals surface area contributed by atoms with E-state index in [1.807, 2.05) is 0 Å². The molecular weight excluding hydrogens is 226 g/mol. The molecule has 0 saturated carbocycles. The molecule has 1 aromatic rings. The van der Waals surface area contributed by atoms with E-state index in [0.717, 1.165) is 0 Å². The minimum atomic E-state index is -3.33. The Morgan fingerprint density at radius 3 is 2.79 bits per heavy atom. The van der Waals surface area contributed by atoms with E-state index in [1.165, 1.54) is 17.5 Å². The molecule has 7 heteroatoms. The highest BCUT2D eigenvalue weighted by molar-refractivity contribution is 7.90. The van der Waals surface area contributed by atoms with Crippen LogP contribution in [0.3, 0.4) is 0 Å². The molecule has 78 valence electrons. The van der Waals surface area contributed by atoms with Crippen LogP contribution in [0.25, 0.3) is 0 Å². The first-order chi connectivity index (χ1) is 6.49. The second-order valence-corrected chi connectivity index (χ2v) is 5.82. The van der Waals surface area contributed by atoms with E-state index in [2.05, 4.69) is 4.98 Å². The lowest BCUT2D eigenvalue weighted by Crippen LogP contribution is -2.12. The van der Waals surface area contributed by atoms with E-state index in [1.54, 1.807) is 5.38 Å². The first-order valence-corrected chi connectivity index (χ1v) is 6.50. The molecule has 0 aromatic carbocycles. The molecule has 0 amide bonds. The number of thiazole rings is 1. The Labute approximate surface area is 85.3 Å². The summed E-state index contributed by atoms with van der Waals surface area (Å²) in [7, 11) is -3.33. The Bertz CT molecular complexity index is 395. The lowest BCUT2D eigenvalue weighted by Gasteiger charge is -1.98. The molecule has 1 aromatic heterocycles. The van der Waals surface area contributed by atoms with Crippen LogP contribution >= 0.6 is 11.3 Å². The molecule has 5 nitrogen and oxygen atoms in total. The van der Waals surface area contributed by atoms with Gasteiger partial charge in [-0.15, -0.1) is 11.3 Å². The number of carbonyl (C=O) groups is 1. The number of hydrogen-bond acceptors (Lipinski definition) is 5. The summed E-state index contributed by atoms with van der Waals surface area (Å²) >= 11 is 1.25. The quantitative estimate of drug-likeness (QED) is 0.804. The third kappa shape index (κ3) is 3.84. The molecule has 0 saturated heterocycles. The standard InChI is InChI=1S/C7H9NO4S2/c9-7(10)1-4-14(11,12)5-6-8-2-3-13-6/h2-3H,1,4-5H2,(H,9,10). The fraction of sp³-hybridized carbons (Fsp3) is 0.429. The number of sulfone groups is 1. The molecule has 0 aliphatic heterocycles. The smallest absolute Gasteiger partial charge is 0.304 e. The van der Waals surface area contributed by atoms with Gasteiger partial charge < -0.3 is 5.11 Å². The molecule has 0 fully saturated rings. The van der Waals surface area contributed by atoms with Crippen LogP contribution in [0.15, 0.2) is 11.6 Å². The van der Waals surface area contributed by atoms with Crippen molar-refractivity contribution in [3.05, 3.63) is 16.6 Å². The molecule has 14 heavy (non-hydrogen) atoms. The van der Waals surface area contributed by atoms with Crippen LogP contribution in [-0.2, 0) is 20.4 Å². The van der Waals surface area contributed by atoms with E-state index in [0.29, 0.717) is 5.01 Å². The molecule has 0 radical (unpaired) electrons. The van der Waals surface area contributed by atoms with Gasteiger partial charge in [0.2, 0.25) is 0 Å². The molecule has 1 rings (SSSR count). The Morgan fingerprint density at radius 2 is 2.29 bits per heavy atom. The number of aromatic nitrogens is 1. The van der Waals surface area contributed by atoms with Crippen LogP contribution in [0.1, 0.15) is 11.4 Å². The van der Waals surface area contributed by atoms with Crippen LogP contribution in [0.5, 0.6) is 0 Å². The number of aliphatic carboxylic acids is 1. The van der Waals surface area contributed by atoms with Gasteiger partial charge in [0.1, 0.15) is 10.8 Å². The molecule has 1 heterocycles. The lowest BCUT2D eigenvalue weighted by molar-refractivity contribution is -0.136. The SMILES string of the molecule is O=C(O)CCS(=O)(=O)Cc1nccs1. The molecule has 0 unspecified atom stereocenters. The second-order valence-electron chi connectivity index (χ2n) is 2.66. The fourth-order valence-corrected chi connectivity index (χ4v) is 3.12. The lowest BCUT2D eigenvalue weighted by atomic mass is 10.5. The summed E-state index contributed by atoms with van der Waals surface area (Å²) < 4.78 is 22.6. The maximum absolute atomic E-state index is 11.3. The second kappa shape index (κ2) is 4.52. The Balaban J connectivity index is 2.55. The van der Waals surface area contributed by atoms with Gasteiger partial charge in [-0.3, -0.25) is 4.79 Å². The van der Waals surface area contributed by atoms with E-state index in [9.17, 15) is 13.2 Å². The minimum absolute atomic E-state index is 0.169. The van der Waals surface area contributed by atoms with Crippen LogP contribution in [0.4, 0.5) is 0 Å². The van der Waals surface area contributed by atoms with Crippen molar-refractivity contribution in [1.82, 2.24) is 4.98 Å². The normalized spacial score (nSPS) is 11.4. The van der Waals surface area contributed by atoms with Crippen LogP contribution in [0, 0.1) is 0 Å². The summed E-state index contributed by atoms with van der Waals surface area (Å²) in [6, 6.07) is 0. The predicted molar refractivity (Wildman–Crippen MR) is 51.9 cm³/mol. The average Bonchev–Trinajstić information content (AvgIpc) is 2.53. The van der Waals surface area contributed by atoms with Crippen LogP contribution in [-0.4, -0.2) is 30.2 Å². The van der Waals surface area contributed by atoms with E-state index in [4.69, 9.17) is 5.11 Å². The van der Waals surface area contributed by atoms with Crippen LogP contribution < -0.4 is 0 Å². The molecule has 0 aliphatic rings. The Hall–Kier alpha value is -0.950. The highest BCUT2D eigenvalue weighted by Crippen LogP contribution is 2.10. The summed E-state index contributed by atoms with van der Waals surface area (Å²) in [5.74, 6) is -1.60. The number of nitrogens with zero attached hydrogens (tertiary/aromatic N) is 1. The van der Waals surface area contributed by atoms with Gasteiger partial charge in [-0.05, 0) is 0 Å². The molecule has 0 atom stereocenters. The van der Waals surface area contributed by atoms with Crippen molar-refractivity contribution in [2.24, 2.45) is 0 Å². The maximum Gasteiger partial charge on any atom is 0.304 e. The molecule has 1 N–H and O–H groups in total. The van der Waals surface area contributed by atoms with E-state index >= 15 is 0 Å². The summed E-state index contributed by atoms with van der Waals surface area (Å²) in [5.41, 5.74) is 0. The number of carboxylic acid groups (broad SMARTS) is 1. The topological polar surface area (TPSA) is 84.3 Å². The van der Waals surface area contributed by atoms with Gasteiger partial charge in [0.25, 0.3) is 0 Å². The van der Waals surface area contributed by atoms with Crippen LogP contribution in [0.2, 0.25) is 0 Å². The van der Waals surface area contributed by atoms with Crippen molar-refractivity contribution in [1.29, 1.82) is 0 Å². The number of carboxylic acids is 1. The number of rotatable bonds is 5. The zero-order valence-electron chi connectivity index (χ0n) is 7.21. The summed E-state index contributed by atoms with van der Waals surface area (Å²) in [5, 5.41) is 10.5. The van der Waals surface area contributed by atoms with Gasteiger partial charge in [-0.25, -0.2) is 13.4 Å². The van der Waals surface area contributed by atoms with Crippen molar-refractivity contribution >= 4 is 27.1 Å². The molecule has 0 aliphatic carbocycles. The highest BCUT2D eigenvalue weighted by Gasteiger charge is 2.15. The maximum atomic E-state index is 11.3. The van der Waals surface area contributed by atoms with Gasteiger partial charge in [0.05, 0.1) is 12.2 Å². The van der Waals surface area contributed by atoms with E-state index < -0.39 is 15.8 Å². The van der Waals surface area contributed by atoms with Gasteiger partial charge in [0, 0.05) is 11.6 Å². The minimum Gasteiger partial charge on any atom is -0.481 e. The average molecular weight is 235 g/mol. The van der Waals surface area contributed by atoms with Gasteiger partial charge in [-0.2, -0.15) is 0 Å². The third-order valence-electron chi connectivity index (χ3n) is 1.45.